The van der Waals surface area contributed by atoms with Gasteiger partial charge < -0.3 is 14.6 Å². The molecule has 0 saturated carbocycles. The minimum absolute atomic E-state index is 0.0000554. The molecule has 2 aromatic carbocycles. The summed E-state index contributed by atoms with van der Waals surface area (Å²) >= 11 is 0. The molecule has 2 fully saturated rings. The van der Waals surface area contributed by atoms with Gasteiger partial charge in [-0.2, -0.15) is 0 Å². The molecule has 1 N–H and O–H groups in total. The van der Waals surface area contributed by atoms with Crippen molar-refractivity contribution >= 4 is 15.7 Å². The number of amides is 1. The van der Waals surface area contributed by atoms with E-state index >= 15 is 0 Å². The lowest BCUT2D eigenvalue weighted by Gasteiger charge is -2.32. The first-order valence-electron chi connectivity index (χ1n) is 12.7. The van der Waals surface area contributed by atoms with E-state index in [2.05, 4.69) is 38.6 Å². The number of ether oxygens (including phenoxy) is 1. The monoisotopic (exact) mass is 523 g/mol. The largest absolute Gasteiger partial charge is 0.483 e. The highest BCUT2D eigenvalue weighted by molar-refractivity contribution is 7.91. The van der Waals surface area contributed by atoms with Crippen LogP contribution < -0.4 is 10.1 Å². The van der Waals surface area contributed by atoms with E-state index in [0.29, 0.717) is 24.6 Å². The summed E-state index contributed by atoms with van der Waals surface area (Å²) in [6, 6.07) is 15.9. The molecular formula is C27H33N5O4S. The van der Waals surface area contributed by atoms with Crippen LogP contribution >= 0.6 is 0 Å². The Balaban J connectivity index is 1.26. The van der Waals surface area contributed by atoms with E-state index in [0.717, 1.165) is 48.4 Å². The molecule has 0 aliphatic carbocycles. The lowest BCUT2D eigenvalue weighted by atomic mass is 9.95. The molecule has 3 aromatic rings. The first-order valence-corrected chi connectivity index (χ1v) is 14.6. The molecule has 196 valence electrons. The predicted octanol–water partition coefficient (Wildman–Crippen LogP) is 2.54. The second-order valence-corrected chi connectivity index (χ2v) is 12.2. The Kier molecular flexibility index (Phi) is 7.57. The van der Waals surface area contributed by atoms with Gasteiger partial charge in [-0.15, -0.1) is 10.2 Å². The lowest BCUT2D eigenvalue weighted by Crippen LogP contribution is -2.38. The standard InChI is InChI=1S/C27H33N5O4S/c1-31-19-28-30-27(31)21-9-12-32(13-10-21)16-23-15-22(20-5-3-2-4-6-20)7-8-25(23)36-17-26(33)29-24-11-14-37(34,35)18-24/h2-8,15,19,21,24H,9-14,16-18H2,1H3,(H,29,33)/t24-/m1/s1. The van der Waals surface area contributed by atoms with Crippen molar-refractivity contribution in [3.8, 4) is 16.9 Å². The molecular weight excluding hydrogens is 490 g/mol. The Morgan fingerprint density at radius 3 is 2.54 bits per heavy atom. The number of hydrogen-bond donors (Lipinski definition) is 1. The number of benzene rings is 2. The summed E-state index contributed by atoms with van der Waals surface area (Å²) in [6.45, 7) is 2.43. The molecule has 2 aliphatic rings. The fraction of sp³-hybridized carbons (Fsp3) is 0.444. The van der Waals surface area contributed by atoms with Gasteiger partial charge in [0.25, 0.3) is 5.91 Å². The minimum Gasteiger partial charge on any atom is -0.483 e. The van der Waals surface area contributed by atoms with Crippen LogP contribution in [-0.2, 0) is 28.2 Å². The van der Waals surface area contributed by atoms with E-state index < -0.39 is 9.84 Å². The van der Waals surface area contributed by atoms with Crippen LogP contribution in [0.25, 0.3) is 11.1 Å². The molecule has 1 aromatic heterocycles. The molecule has 37 heavy (non-hydrogen) atoms. The maximum Gasteiger partial charge on any atom is 0.258 e. The van der Waals surface area contributed by atoms with E-state index in [1.165, 1.54) is 0 Å². The van der Waals surface area contributed by atoms with Gasteiger partial charge in [-0.05, 0) is 55.6 Å². The van der Waals surface area contributed by atoms with Crippen LogP contribution in [0.5, 0.6) is 5.75 Å². The van der Waals surface area contributed by atoms with Gasteiger partial charge in [0, 0.05) is 31.1 Å². The summed E-state index contributed by atoms with van der Waals surface area (Å²) in [7, 11) is -1.06. The van der Waals surface area contributed by atoms with Crippen LogP contribution in [0.4, 0.5) is 0 Å². The maximum absolute atomic E-state index is 12.5. The summed E-state index contributed by atoms with van der Waals surface area (Å²) < 4.78 is 31.4. The van der Waals surface area contributed by atoms with E-state index in [9.17, 15) is 13.2 Å². The summed E-state index contributed by atoms with van der Waals surface area (Å²) in [6.07, 6.45) is 4.22. The van der Waals surface area contributed by atoms with Crippen molar-refractivity contribution in [1.29, 1.82) is 0 Å². The molecule has 10 heteroatoms. The van der Waals surface area contributed by atoms with E-state index in [4.69, 9.17) is 4.74 Å². The number of piperidine rings is 1. The summed E-state index contributed by atoms with van der Waals surface area (Å²) in [5.74, 6) is 1.93. The van der Waals surface area contributed by atoms with Gasteiger partial charge in [-0.1, -0.05) is 36.4 Å². The average Bonchev–Trinajstić information content (AvgIpc) is 3.48. The third kappa shape index (κ3) is 6.37. The summed E-state index contributed by atoms with van der Waals surface area (Å²) in [4.78, 5) is 14.9. The third-order valence-corrected chi connectivity index (χ3v) is 8.98. The van der Waals surface area contributed by atoms with Gasteiger partial charge >= 0.3 is 0 Å². The zero-order valence-corrected chi connectivity index (χ0v) is 21.9. The van der Waals surface area contributed by atoms with Crippen molar-refractivity contribution in [2.24, 2.45) is 7.05 Å². The van der Waals surface area contributed by atoms with Crippen molar-refractivity contribution < 1.29 is 17.9 Å². The topological polar surface area (TPSA) is 106 Å². The normalized spacial score (nSPS) is 20.1. The van der Waals surface area contributed by atoms with Crippen LogP contribution in [0.3, 0.4) is 0 Å². The Labute approximate surface area is 217 Å². The first kappa shape index (κ1) is 25.4. The second-order valence-electron chi connectivity index (χ2n) is 10.00. The second kappa shape index (κ2) is 11.0. The molecule has 0 bridgehead atoms. The van der Waals surface area contributed by atoms with Crippen LogP contribution in [0.15, 0.2) is 54.9 Å². The van der Waals surface area contributed by atoms with E-state index in [1.54, 1.807) is 6.33 Å². The quantitative estimate of drug-likeness (QED) is 0.484. The number of likely N-dealkylation sites (tertiary alicyclic amines) is 1. The highest BCUT2D eigenvalue weighted by Crippen LogP contribution is 2.31. The molecule has 0 radical (unpaired) electrons. The molecule has 9 nitrogen and oxygen atoms in total. The number of nitrogens with zero attached hydrogens (tertiary/aromatic N) is 4. The van der Waals surface area contributed by atoms with Crippen molar-refractivity contribution in [3.63, 3.8) is 0 Å². The van der Waals surface area contributed by atoms with Crippen LogP contribution in [0.1, 0.15) is 36.6 Å². The van der Waals surface area contributed by atoms with E-state index in [-0.39, 0.29) is 30.1 Å². The Morgan fingerprint density at radius 1 is 1.08 bits per heavy atom. The number of aryl methyl sites for hydroxylation is 1. The molecule has 2 saturated heterocycles. The molecule has 0 unspecified atom stereocenters. The number of aromatic nitrogens is 3. The summed E-state index contributed by atoms with van der Waals surface area (Å²) in [5.41, 5.74) is 3.24. The van der Waals surface area contributed by atoms with Gasteiger partial charge in [0.2, 0.25) is 0 Å². The predicted molar refractivity (Wildman–Crippen MR) is 141 cm³/mol. The van der Waals surface area contributed by atoms with Gasteiger partial charge in [0.05, 0.1) is 11.5 Å². The van der Waals surface area contributed by atoms with Gasteiger partial charge in [0.1, 0.15) is 17.9 Å². The van der Waals surface area contributed by atoms with Crippen molar-refractivity contribution in [3.05, 3.63) is 66.2 Å². The van der Waals surface area contributed by atoms with Gasteiger partial charge in [-0.3, -0.25) is 9.69 Å². The molecule has 0 spiro atoms. The van der Waals surface area contributed by atoms with Crippen molar-refractivity contribution in [2.45, 2.75) is 37.8 Å². The van der Waals surface area contributed by atoms with Crippen LogP contribution in [0.2, 0.25) is 0 Å². The number of carbonyl (C=O) groups excluding carboxylic acids is 1. The van der Waals surface area contributed by atoms with E-state index in [1.807, 2.05) is 41.9 Å². The first-order chi connectivity index (χ1) is 17.9. The Bertz CT molecular complexity index is 1330. The average molecular weight is 524 g/mol. The smallest absolute Gasteiger partial charge is 0.258 e. The van der Waals surface area contributed by atoms with Crippen molar-refractivity contribution in [2.75, 3.05) is 31.2 Å². The lowest BCUT2D eigenvalue weighted by molar-refractivity contribution is -0.123. The zero-order valence-electron chi connectivity index (χ0n) is 21.0. The number of carbonyl (C=O) groups is 1. The summed E-state index contributed by atoms with van der Waals surface area (Å²) in [5, 5.41) is 11.1. The van der Waals surface area contributed by atoms with Gasteiger partial charge in [-0.25, -0.2) is 8.42 Å². The fourth-order valence-corrected chi connectivity index (χ4v) is 6.90. The highest BCUT2D eigenvalue weighted by atomic mass is 32.2. The number of rotatable bonds is 8. The fourth-order valence-electron chi connectivity index (χ4n) is 5.23. The minimum atomic E-state index is -3.05. The van der Waals surface area contributed by atoms with Crippen molar-refractivity contribution in [1.82, 2.24) is 25.0 Å². The van der Waals surface area contributed by atoms with Crippen LogP contribution in [0, 0.1) is 0 Å². The molecule has 3 heterocycles. The SMILES string of the molecule is Cn1cnnc1C1CCN(Cc2cc(-c3ccccc3)ccc2OCC(=O)N[C@@H]2CCS(=O)(=O)C2)CC1. The molecule has 2 aliphatic heterocycles. The maximum atomic E-state index is 12.5. The highest BCUT2D eigenvalue weighted by Gasteiger charge is 2.29. The Morgan fingerprint density at radius 2 is 1.86 bits per heavy atom. The molecule has 5 rings (SSSR count). The zero-order chi connectivity index (χ0) is 25.8. The molecule has 1 amide bonds. The molecule has 1 atom stereocenters. The third-order valence-electron chi connectivity index (χ3n) is 7.22. The number of nitrogens with one attached hydrogen (secondary N) is 1. The number of sulfone groups is 1. The van der Waals surface area contributed by atoms with Gasteiger partial charge in [0.15, 0.2) is 16.4 Å². The number of hydrogen-bond acceptors (Lipinski definition) is 7. The van der Waals surface area contributed by atoms with Crippen LogP contribution in [-0.4, -0.2) is 71.2 Å². The Hall–Kier alpha value is -3.24.